The van der Waals surface area contributed by atoms with Crippen molar-refractivity contribution in [3.8, 4) is 0 Å². The first-order valence-electron chi connectivity index (χ1n) is 6.60. The molecule has 1 amide bonds. The molecule has 1 unspecified atom stereocenters. The van der Waals surface area contributed by atoms with Gasteiger partial charge in [0.15, 0.2) is 6.04 Å². The molecule has 19 heavy (non-hydrogen) atoms. The van der Waals surface area contributed by atoms with E-state index in [1.807, 2.05) is 34.9 Å². The third-order valence-corrected chi connectivity index (χ3v) is 3.62. The van der Waals surface area contributed by atoms with E-state index >= 15 is 0 Å². The number of aryl methyl sites for hydroxylation is 3. The summed E-state index contributed by atoms with van der Waals surface area (Å²) in [6.07, 6.45) is 0.728. The number of anilines is 1. The number of benzene rings is 1. The van der Waals surface area contributed by atoms with Gasteiger partial charge in [0.05, 0.1) is 14.1 Å². The molecule has 0 spiro atoms. The second-order valence-electron chi connectivity index (χ2n) is 5.62. The summed E-state index contributed by atoms with van der Waals surface area (Å²) in [7, 11) is 3.75. The van der Waals surface area contributed by atoms with Gasteiger partial charge in [-0.05, 0) is 31.9 Å². The molecule has 0 aliphatic rings. The van der Waals surface area contributed by atoms with E-state index < -0.39 is 0 Å². The minimum absolute atomic E-state index is 0.00227. The molecule has 0 aliphatic heterocycles. The van der Waals surface area contributed by atoms with Gasteiger partial charge < -0.3 is 22.0 Å². The number of carbonyl (C=O) groups excluding carboxylic acids is 1. The number of nitrogens with zero attached hydrogens (tertiary/aromatic N) is 1. The molecule has 3 nitrogen and oxygen atoms in total. The van der Waals surface area contributed by atoms with Crippen molar-refractivity contribution in [2.24, 2.45) is 0 Å². The summed E-state index contributed by atoms with van der Waals surface area (Å²) in [5.74, 6) is -0.00227. The van der Waals surface area contributed by atoms with Gasteiger partial charge in [0.25, 0.3) is 5.91 Å². The highest BCUT2D eigenvalue weighted by Gasteiger charge is 2.26. The second-order valence-corrected chi connectivity index (χ2v) is 6.56. The Balaban J connectivity index is 3.00. The molecule has 1 rings (SSSR count). The standard InChI is InChI=1S/C15H24N2OS/c1-7-13(17(5,6)19)15(18)16-14-11(3)8-10(2)9-12(14)4/h8-9,13H,7H2,1-6H3,(H,16,18). The van der Waals surface area contributed by atoms with Crippen molar-refractivity contribution in [1.82, 2.24) is 0 Å². The maximum atomic E-state index is 12.4. The number of hydrogen-bond donors (Lipinski definition) is 1. The molecule has 1 aromatic rings. The number of quaternary nitrogens is 1. The minimum Gasteiger partial charge on any atom is -0.494 e. The number of nitrogens with one attached hydrogen (secondary N) is 1. The molecule has 1 atom stereocenters. The van der Waals surface area contributed by atoms with Crippen molar-refractivity contribution in [1.29, 1.82) is 0 Å². The van der Waals surface area contributed by atoms with E-state index in [2.05, 4.69) is 24.4 Å². The van der Waals surface area contributed by atoms with Crippen molar-refractivity contribution in [2.75, 3.05) is 19.4 Å². The Labute approximate surface area is 122 Å². The first-order chi connectivity index (χ1) is 8.66. The first kappa shape index (κ1) is 16.1. The third-order valence-electron chi connectivity index (χ3n) is 3.37. The number of hydrogen-bond acceptors (Lipinski definition) is 2. The third kappa shape index (κ3) is 3.98. The lowest BCUT2D eigenvalue weighted by molar-refractivity contribution is -0.768. The van der Waals surface area contributed by atoms with Gasteiger partial charge in [-0.3, -0.25) is 4.79 Å². The largest absolute Gasteiger partial charge is 0.494 e. The highest BCUT2D eigenvalue weighted by molar-refractivity contribution is 7.52. The SMILES string of the molecule is CCC(C(=O)Nc1c(C)cc(C)cc1C)[N+](C)(C)[S-]. The van der Waals surface area contributed by atoms with Gasteiger partial charge in [0.1, 0.15) is 0 Å². The van der Waals surface area contributed by atoms with E-state index in [-0.39, 0.29) is 15.8 Å². The summed E-state index contributed by atoms with van der Waals surface area (Å²) in [4.78, 5) is 12.4. The molecule has 0 aliphatic carbocycles. The molecule has 0 aromatic heterocycles. The van der Waals surface area contributed by atoms with Gasteiger partial charge in [0, 0.05) is 12.1 Å². The fraction of sp³-hybridized carbons (Fsp3) is 0.533. The van der Waals surface area contributed by atoms with Crippen LogP contribution in [0.3, 0.4) is 0 Å². The van der Waals surface area contributed by atoms with Gasteiger partial charge >= 0.3 is 0 Å². The van der Waals surface area contributed by atoms with Gasteiger partial charge in [0.2, 0.25) is 0 Å². The fourth-order valence-electron chi connectivity index (χ4n) is 2.49. The summed E-state index contributed by atoms with van der Waals surface area (Å²) < 4.78 is 0.228. The maximum absolute atomic E-state index is 12.4. The lowest BCUT2D eigenvalue weighted by Gasteiger charge is -2.42. The van der Waals surface area contributed by atoms with Gasteiger partial charge in [-0.1, -0.05) is 24.6 Å². The van der Waals surface area contributed by atoms with E-state index in [1.54, 1.807) is 0 Å². The van der Waals surface area contributed by atoms with Crippen LogP contribution >= 0.6 is 0 Å². The molecule has 106 valence electrons. The Morgan fingerprint density at radius 2 is 1.74 bits per heavy atom. The van der Waals surface area contributed by atoms with Crippen LogP contribution in [0.15, 0.2) is 12.1 Å². The maximum Gasteiger partial charge on any atom is 0.281 e. The van der Waals surface area contributed by atoms with Crippen molar-refractivity contribution >= 4 is 24.4 Å². The van der Waals surface area contributed by atoms with Gasteiger partial charge in [-0.15, -0.1) is 0 Å². The minimum atomic E-state index is -0.213. The Bertz CT molecular complexity index is 455. The Hall–Kier alpha value is -1.00. The van der Waals surface area contributed by atoms with Crippen LogP contribution in [0.1, 0.15) is 30.0 Å². The average Bonchev–Trinajstić information content (AvgIpc) is 2.22. The number of amides is 1. The molecular weight excluding hydrogens is 256 g/mol. The molecule has 1 aromatic carbocycles. The summed E-state index contributed by atoms with van der Waals surface area (Å²) >= 11 is 5.36. The van der Waals surface area contributed by atoms with Crippen molar-refractivity contribution in [3.05, 3.63) is 28.8 Å². The molecule has 0 saturated carbocycles. The zero-order valence-electron chi connectivity index (χ0n) is 12.7. The van der Waals surface area contributed by atoms with Crippen LogP contribution in [-0.4, -0.2) is 29.9 Å². The summed E-state index contributed by atoms with van der Waals surface area (Å²) in [5, 5.41) is 3.04. The summed E-state index contributed by atoms with van der Waals surface area (Å²) in [6, 6.07) is 3.95. The van der Waals surface area contributed by atoms with Crippen LogP contribution in [0.25, 0.3) is 0 Å². The summed E-state index contributed by atoms with van der Waals surface area (Å²) in [5.41, 5.74) is 4.31. The predicted octanol–water partition coefficient (Wildman–Crippen LogP) is 2.87. The molecule has 0 fully saturated rings. The monoisotopic (exact) mass is 280 g/mol. The number of carbonyl (C=O) groups is 1. The van der Waals surface area contributed by atoms with Crippen LogP contribution in [0, 0.1) is 20.8 Å². The molecule has 0 bridgehead atoms. The van der Waals surface area contributed by atoms with Crippen LogP contribution in [0.4, 0.5) is 5.69 Å². The normalized spacial score (nSPS) is 13.2. The average molecular weight is 280 g/mol. The van der Waals surface area contributed by atoms with E-state index in [4.69, 9.17) is 12.8 Å². The fourth-order valence-corrected chi connectivity index (χ4v) is 2.74. The van der Waals surface area contributed by atoms with Crippen molar-refractivity contribution in [2.45, 2.75) is 40.2 Å². The Morgan fingerprint density at radius 1 is 1.26 bits per heavy atom. The molecule has 0 saturated heterocycles. The predicted molar refractivity (Wildman–Crippen MR) is 82.8 cm³/mol. The van der Waals surface area contributed by atoms with Crippen molar-refractivity contribution < 1.29 is 8.68 Å². The van der Waals surface area contributed by atoms with Gasteiger partial charge in [-0.25, -0.2) is 0 Å². The smallest absolute Gasteiger partial charge is 0.281 e. The van der Waals surface area contributed by atoms with Gasteiger partial charge in [-0.2, -0.15) is 0 Å². The second kappa shape index (κ2) is 5.97. The Kier molecular flexibility index (Phi) is 5.04. The lowest BCUT2D eigenvalue weighted by atomic mass is 10.0. The molecule has 0 heterocycles. The van der Waals surface area contributed by atoms with E-state index in [0.29, 0.717) is 0 Å². The van der Waals surface area contributed by atoms with E-state index in [0.717, 1.165) is 23.2 Å². The zero-order valence-corrected chi connectivity index (χ0v) is 13.5. The zero-order chi connectivity index (χ0) is 14.8. The van der Waals surface area contributed by atoms with E-state index in [1.165, 1.54) is 5.56 Å². The van der Waals surface area contributed by atoms with Crippen LogP contribution in [0.2, 0.25) is 0 Å². The Morgan fingerprint density at radius 3 is 2.11 bits per heavy atom. The molecule has 1 N–H and O–H groups in total. The van der Waals surface area contributed by atoms with Crippen LogP contribution in [0.5, 0.6) is 0 Å². The quantitative estimate of drug-likeness (QED) is 0.679. The molecule has 0 radical (unpaired) electrons. The number of rotatable bonds is 4. The highest BCUT2D eigenvalue weighted by atomic mass is 32.1. The molecular formula is C15H24N2OS. The van der Waals surface area contributed by atoms with Crippen LogP contribution in [-0.2, 0) is 17.6 Å². The van der Waals surface area contributed by atoms with Crippen molar-refractivity contribution in [3.63, 3.8) is 0 Å². The highest BCUT2D eigenvalue weighted by Crippen LogP contribution is 2.23. The molecule has 4 heteroatoms. The lowest BCUT2D eigenvalue weighted by Crippen LogP contribution is -2.50. The van der Waals surface area contributed by atoms with Crippen LogP contribution < -0.4 is 5.32 Å². The number of likely N-dealkylation sites (N-methyl/N-ethyl adjacent to an activating group) is 1. The summed E-state index contributed by atoms with van der Waals surface area (Å²) in [6.45, 7) is 8.09. The first-order valence-corrected chi connectivity index (χ1v) is 6.96. The topological polar surface area (TPSA) is 29.1 Å². The van der Waals surface area contributed by atoms with E-state index in [9.17, 15) is 4.79 Å².